The Bertz CT molecular complexity index is 221. The number of ketones is 2. The van der Waals surface area contributed by atoms with Gasteiger partial charge in [-0.15, -0.1) is 0 Å². The molecular weight excluding hydrogens is 268 g/mol. The number of unbranched alkanes of at least 4 members (excludes halogenated alkanes) is 2. The van der Waals surface area contributed by atoms with Crippen LogP contribution in [0.25, 0.3) is 0 Å². The standard InChI is InChI=1S/C13H24O4.Ti/c1-4-6-8-16-13(17-9-7-5-2)12(15)10-11(3)14;/h13H,4-10H2,1-3H3;. The summed E-state index contributed by atoms with van der Waals surface area (Å²) in [5.41, 5.74) is 0. The predicted octanol–water partition coefficient (Wildman–Crippen LogP) is 2.49. The van der Waals surface area contributed by atoms with Crippen molar-refractivity contribution in [1.29, 1.82) is 0 Å². The van der Waals surface area contributed by atoms with Crippen LogP contribution in [-0.4, -0.2) is 31.1 Å². The van der Waals surface area contributed by atoms with Crippen molar-refractivity contribution in [3.05, 3.63) is 0 Å². The molecule has 0 rings (SSSR count). The molecule has 0 fully saturated rings. The van der Waals surface area contributed by atoms with Gasteiger partial charge in [-0.3, -0.25) is 9.59 Å². The molecule has 0 aliphatic rings. The van der Waals surface area contributed by atoms with Gasteiger partial charge < -0.3 is 9.47 Å². The first-order chi connectivity index (χ1) is 8.11. The maximum absolute atomic E-state index is 11.7. The van der Waals surface area contributed by atoms with Crippen LogP contribution in [0, 0.1) is 0 Å². The van der Waals surface area contributed by atoms with Crippen molar-refractivity contribution < 1.29 is 40.8 Å². The fourth-order valence-electron chi connectivity index (χ4n) is 1.23. The maximum Gasteiger partial charge on any atom is 0.218 e. The minimum absolute atomic E-state index is 0. The van der Waals surface area contributed by atoms with Crippen molar-refractivity contribution in [3.63, 3.8) is 0 Å². The molecule has 18 heavy (non-hydrogen) atoms. The molecule has 0 aliphatic carbocycles. The van der Waals surface area contributed by atoms with Gasteiger partial charge in [-0.1, -0.05) is 26.7 Å². The molecule has 0 N–H and O–H groups in total. The maximum atomic E-state index is 11.7. The Morgan fingerprint density at radius 1 is 1.00 bits per heavy atom. The van der Waals surface area contributed by atoms with Gasteiger partial charge >= 0.3 is 0 Å². The van der Waals surface area contributed by atoms with Gasteiger partial charge in [0.1, 0.15) is 5.78 Å². The van der Waals surface area contributed by atoms with Gasteiger partial charge in [0.2, 0.25) is 6.29 Å². The van der Waals surface area contributed by atoms with Crippen LogP contribution in [-0.2, 0) is 40.8 Å². The SMILES string of the molecule is CCCCOC(OCCCC)C(=O)CC(C)=O.[Ti]. The third kappa shape index (κ3) is 11.1. The van der Waals surface area contributed by atoms with E-state index in [0.29, 0.717) is 13.2 Å². The van der Waals surface area contributed by atoms with Crippen LogP contribution < -0.4 is 0 Å². The van der Waals surface area contributed by atoms with E-state index in [4.69, 9.17) is 9.47 Å². The molecule has 0 saturated carbocycles. The molecule has 0 aromatic rings. The van der Waals surface area contributed by atoms with E-state index < -0.39 is 6.29 Å². The third-order valence-electron chi connectivity index (χ3n) is 2.22. The molecule has 4 nitrogen and oxygen atoms in total. The molecule has 104 valence electrons. The Kier molecular flexibility index (Phi) is 15.1. The molecule has 0 aliphatic heterocycles. The second kappa shape index (κ2) is 13.4. The Hall–Kier alpha value is -0.0257. The number of carbonyl (C=O) groups excluding carboxylic acids is 2. The summed E-state index contributed by atoms with van der Waals surface area (Å²) in [6.07, 6.45) is 2.81. The van der Waals surface area contributed by atoms with E-state index in [-0.39, 0.29) is 39.7 Å². The number of rotatable bonds is 11. The number of hydrogen-bond donors (Lipinski definition) is 0. The quantitative estimate of drug-likeness (QED) is 0.254. The van der Waals surface area contributed by atoms with Gasteiger partial charge in [0.15, 0.2) is 5.78 Å². The van der Waals surface area contributed by atoms with E-state index in [1.165, 1.54) is 6.92 Å². The summed E-state index contributed by atoms with van der Waals surface area (Å²) in [4.78, 5) is 22.6. The first-order valence-electron chi connectivity index (χ1n) is 6.37. The fourth-order valence-corrected chi connectivity index (χ4v) is 1.23. The van der Waals surface area contributed by atoms with Crippen molar-refractivity contribution in [2.24, 2.45) is 0 Å². The molecule has 0 aromatic carbocycles. The first kappa shape index (κ1) is 20.3. The number of carbonyl (C=O) groups is 2. The molecule has 0 spiro atoms. The van der Waals surface area contributed by atoms with Gasteiger partial charge in [-0.2, -0.15) is 0 Å². The van der Waals surface area contributed by atoms with Gasteiger partial charge in [-0.25, -0.2) is 0 Å². The van der Waals surface area contributed by atoms with Gasteiger partial charge in [0, 0.05) is 21.7 Å². The molecule has 0 atom stereocenters. The van der Waals surface area contributed by atoms with Crippen LogP contribution in [0.3, 0.4) is 0 Å². The fraction of sp³-hybridized carbons (Fsp3) is 0.846. The Labute approximate surface area is 125 Å². The summed E-state index contributed by atoms with van der Waals surface area (Å²) in [5, 5.41) is 0. The summed E-state index contributed by atoms with van der Waals surface area (Å²) >= 11 is 0. The van der Waals surface area contributed by atoms with E-state index in [1.54, 1.807) is 0 Å². The largest absolute Gasteiger partial charge is 0.346 e. The molecule has 5 heteroatoms. The summed E-state index contributed by atoms with van der Waals surface area (Å²) in [5.74, 6) is -0.428. The van der Waals surface area contributed by atoms with E-state index in [1.807, 2.05) is 13.8 Å². The van der Waals surface area contributed by atoms with Crippen LogP contribution in [0.5, 0.6) is 0 Å². The average Bonchev–Trinajstić information content (AvgIpc) is 2.26. The third-order valence-corrected chi connectivity index (χ3v) is 2.22. The summed E-state index contributed by atoms with van der Waals surface area (Å²) in [6.45, 7) is 6.49. The zero-order chi connectivity index (χ0) is 13.1. The van der Waals surface area contributed by atoms with Crippen LogP contribution in [0.1, 0.15) is 52.9 Å². The van der Waals surface area contributed by atoms with E-state index in [0.717, 1.165) is 25.7 Å². The molecule has 0 bridgehead atoms. The van der Waals surface area contributed by atoms with E-state index in [2.05, 4.69) is 0 Å². The van der Waals surface area contributed by atoms with Crippen molar-refractivity contribution in [2.75, 3.05) is 13.2 Å². The molecule has 0 unspecified atom stereocenters. The molecule has 0 aromatic heterocycles. The molecule has 0 amide bonds. The van der Waals surface area contributed by atoms with Crippen LogP contribution in [0.2, 0.25) is 0 Å². The molecular formula is C13H24O4Ti. The first-order valence-corrected chi connectivity index (χ1v) is 6.37. The molecule has 0 radical (unpaired) electrons. The normalized spacial score (nSPS) is 10.2. The van der Waals surface area contributed by atoms with Crippen LogP contribution >= 0.6 is 0 Å². The predicted molar refractivity (Wildman–Crippen MR) is 65.8 cm³/mol. The average molecular weight is 292 g/mol. The number of hydrogen-bond acceptors (Lipinski definition) is 4. The number of Topliss-reactive ketones (excluding diaryl/α,β-unsaturated/α-hetero) is 2. The Balaban J connectivity index is 0. The summed E-state index contributed by atoms with van der Waals surface area (Å²) in [7, 11) is 0. The minimum atomic E-state index is -0.864. The van der Waals surface area contributed by atoms with E-state index in [9.17, 15) is 9.59 Å². The second-order valence-electron chi connectivity index (χ2n) is 4.13. The number of ether oxygens (including phenoxy) is 2. The van der Waals surface area contributed by atoms with Crippen molar-refractivity contribution in [3.8, 4) is 0 Å². The van der Waals surface area contributed by atoms with E-state index >= 15 is 0 Å². The molecule has 0 heterocycles. The van der Waals surface area contributed by atoms with Crippen molar-refractivity contribution in [1.82, 2.24) is 0 Å². The monoisotopic (exact) mass is 292 g/mol. The van der Waals surface area contributed by atoms with Crippen molar-refractivity contribution in [2.45, 2.75) is 59.2 Å². The smallest absolute Gasteiger partial charge is 0.218 e. The van der Waals surface area contributed by atoms with Gasteiger partial charge in [0.25, 0.3) is 0 Å². The Morgan fingerprint density at radius 2 is 1.44 bits per heavy atom. The summed E-state index contributed by atoms with van der Waals surface area (Å²) in [6, 6.07) is 0. The van der Waals surface area contributed by atoms with Gasteiger partial charge in [0.05, 0.1) is 19.6 Å². The Morgan fingerprint density at radius 3 is 1.78 bits per heavy atom. The van der Waals surface area contributed by atoms with Gasteiger partial charge in [-0.05, 0) is 19.8 Å². The van der Waals surface area contributed by atoms with Crippen molar-refractivity contribution >= 4 is 11.6 Å². The summed E-state index contributed by atoms with van der Waals surface area (Å²) < 4.78 is 10.7. The zero-order valence-electron chi connectivity index (χ0n) is 11.7. The van der Waals surface area contributed by atoms with Crippen LogP contribution in [0.4, 0.5) is 0 Å². The minimum Gasteiger partial charge on any atom is -0.346 e. The second-order valence-corrected chi connectivity index (χ2v) is 4.13. The van der Waals surface area contributed by atoms with Crippen LogP contribution in [0.15, 0.2) is 0 Å². The topological polar surface area (TPSA) is 52.6 Å². The molecule has 0 saturated heterocycles. The zero-order valence-corrected chi connectivity index (χ0v) is 13.2.